The second-order valence-electron chi connectivity index (χ2n) is 5.48. The Morgan fingerprint density at radius 3 is 2.63 bits per heavy atom. The molecule has 4 nitrogen and oxygen atoms in total. The minimum Gasteiger partial charge on any atom is -0.466 e. The second-order valence-corrected chi connectivity index (χ2v) is 5.48. The fourth-order valence-corrected chi connectivity index (χ4v) is 3.00. The summed E-state index contributed by atoms with van der Waals surface area (Å²) >= 11 is 0. The molecule has 0 spiro atoms. The number of aliphatic hydroxyl groups is 1. The molecule has 2 atom stereocenters. The van der Waals surface area contributed by atoms with E-state index in [4.69, 9.17) is 4.74 Å². The van der Waals surface area contributed by atoms with Crippen molar-refractivity contribution in [1.82, 2.24) is 4.90 Å². The highest BCUT2D eigenvalue weighted by molar-refractivity contribution is 5.73. The van der Waals surface area contributed by atoms with Crippen LogP contribution in [-0.2, 0) is 9.53 Å². The van der Waals surface area contributed by atoms with Gasteiger partial charge < -0.3 is 14.7 Å². The van der Waals surface area contributed by atoms with E-state index in [2.05, 4.69) is 11.8 Å². The first kappa shape index (κ1) is 16.4. The SMILES string of the molecule is CCCC(C(=O)OCC)C1(O)CCCN(CC)CC1. The van der Waals surface area contributed by atoms with E-state index >= 15 is 0 Å². The predicted octanol–water partition coefficient (Wildman–Crippen LogP) is 2.20. The summed E-state index contributed by atoms with van der Waals surface area (Å²) < 4.78 is 5.16. The maximum atomic E-state index is 12.1. The van der Waals surface area contributed by atoms with Gasteiger partial charge in [-0.25, -0.2) is 0 Å². The van der Waals surface area contributed by atoms with Crippen LogP contribution >= 0.6 is 0 Å². The Balaban J connectivity index is 2.77. The standard InChI is InChI=1S/C15H29NO3/c1-4-8-13(14(17)19-6-3)15(18)9-7-11-16(5-2)12-10-15/h13,18H,4-12H2,1-3H3. The van der Waals surface area contributed by atoms with Crippen LogP contribution in [0.3, 0.4) is 0 Å². The Kier molecular flexibility index (Phi) is 6.80. The van der Waals surface area contributed by atoms with Gasteiger partial charge >= 0.3 is 5.97 Å². The molecule has 2 unspecified atom stereocenters. The van der Waals surface area contributed by atoms with Crippen molar-refractivity contribution in [3.63, 3.8) is 0 Å². The molecule has 0 saturated carbocycles. The lowest BCUT2D eigenvalue weighted by Crippen LogP contribution is -2.44. The normalized spacial score (nSPS) is 26.7. The number of likely N-dealkylation sites (tertiary alicyclic amines) is 1. The molecule has 1 fully saturated rings. The van der Waals surface area contributed by atoms with Crippen molar-refractivity contribution < 1.29 is 14.6 Å². The third kappa shape index (κ3) is 4.46. The van der Waals surface area contributed by atoms with Crippen molar-refractivity contribution in [3.05, 3.63) is 0 Å². The van der Waals surface area contributed by atoms with E-state index in [0.29, 0.717) is 25.9 Å². The van der Waals surface area contributed by atoms with E-state index in [1.54, 1.807) is 0 Å². The summed E-state index contributed by atoms with van der Waals surface area (Å²) in [4.78, 5) is 14.4. The Labute approximate surface area is 117 Å². The van der Waals surface area contributed by atoms with Gasteiger partial charge in [0.15, 0.2) is 0 Å². The largest absolute Gasteiger partial charge is 0.466 e. The van der Waals surface area contributed by atoms with Crippen molar-refractivity contribution in [2.75, 3.05) is 26.2 Å². The first-order valence-electron chi connectivity index (χ1n) is 7.68. The molecule has 1 N–H and O–H groups in total. The van der Waals surface area contributed by atoms with E-state index in [-0.39, 0.29) is 11.9 Å². The van der Waals surface area contributed by atoms with E-state index in [1.165, 1.54) is 0 Å². The average Bonchev–Trinajstić information content (AvgIpc) is 2.58. The Morgan fingerprint density at radius 1 is 1.32 bits per heavy atom. The zero-order valence-electron chi connectivity index (χ0n) is 12.7. The van der Waals surface area contributed by atoms with E-state index in [9.17, 15) is 9.90 Å². The van der Waals surface area contributed by atoms with Gasteiger partial charge in [0.25, 0.3) is 0 Å². The lowest BCUT2D eigenvalue weighted by molar-refractivity contribution is -0.160. The van der Waals surface area contributed by atoms with Gasteiger partial charge in [0, 0.05) is 6.54 Å². The van der Waals surface area contributed by atoms with Crippen LogP contribution in [0.2, 0.25) is 0 Å². The van der Waals surface area contributed by atoms with E-state index < -0.39 is 5.60 Å². The molecule has 0 aromatic rings. The number of esters is 1. The van der Waals surface area contributed by atoms with Crippen LogP contribution in [-0.4, -0.2) is 47.8 Å². The highest BCUT2D eigenvalue weighted by atomic mass is 16.5. The number of hydrogen-bond acceptors (Lipinski definition) is 4. The molecule has 4 heteroatoms. The lowest BCUT2D eigenvalue weighted by atomic mass is 9.79. The highest BCUT2D eigenvalue weighted by Gasteiger charge is 2.42. The zero-order valence-corrected chi connectivity index (χ0v) is 12.7. The van der Waals surface area contributed by atoms with Gasteiger partial charge in [-0.1, -0.05) is 20.3 Å². The van der Waals surface area contributed by atoms with Crippen LogP contribution in [0.15, 0.2) is 0 Å². The number of rotatable bonds is 6. The molecular formula is C15H29NO3. The Bertz CT molecular complexity index is 283. The monoisotopic (exact) mass is 271 g/mol. The van der Waals surface area contributed by atoms with Crippen molar-refractivity contribution >= 4 is 5.97 Å². The molecular weight excluding hydrogens is 242 g/mol. The van der Waals surface area contributed by atoms with Gasteiger partial charge in [-0.2, -0.15) is 0 Å². The third-order valence-electron chi connectivity index (χ3n) is 4.19. The topological polar surface area (TPSA) is 49.8 Å². The molecule has 1 saturated heterocycles. The molecule has 0 aromatic heterocycles. The van der Waals surface area contributed by atoms with Crippen molar-refractivity contribution in [1.29, 1.82) is 0 Å². The Hall–Kier alpha value is -0.610. The maximum Gasteiger partial charge on any atom is 0.311 e. The van der Waals surface area contributed by atoms with Gasteiger partial charge in [0.2, 0.25) is 0 Å². The van der Waals surface area contributed by atoms with Crippen LogP contribution in [0.25, 0.3) is 0 Å². The summed E-state index contributed by atoms with van der Waals surface area (Å²) in [5, 5.41) is 10.9. The third-order valence-corrected chi connectivity index (χ3v) is 4.19. The van der Waals surface area contributed by atoms with E-state index in [1.807, 2.05) is 13.8 Å². The zero-order chi connectivity index (χ0) is 14.3. The smallest absolute Gasteiger partial charge is 0.311 e. The molecule has 19 heavy (non-hydrogen) atoms. The molecule has 0 aromatic carbocycles. The second kappa shape index (κ2) is 7.85. The van der Waals surface area contributed by atoms with Gasteiger partial charge in [-0.3, -0.25) is 4.79 Å². The summed E-state index contributed by atoms with van der Waals surface area (Å²) in [6, 6.07) is 0. The molecule has 0 bridgehead atoms. The van der Waals surface area contributed by atoms with Crippen molar-refractivity contribution in [2.45, 2.75) is 58.5 Å². The number of ether oxygens (including phenoxy) is 1. The number of hydrogen-bond donors (Lipinski definition) is 1. The molecule has 1 aliphatic heterocycles. The van der Waals surface area contributed by atoms with Crippen molar-refractivity contribution in [3.8, 4) is 0 Å². The number of nitrogens with zero attached hydrogens (tertiary/aromatic N) is 1. The fourth-order valence-electron chi connectivity index (χ4n) is 3.00. The molecule has 112 valence electrons. The predicted molar refractivity (Wildman–Crippen MR) is 75.9 cm³/mol. The van der Waals surface area contributed by atoms with Crippen LogP contribution in [0, 0.1) is 5.92 Å². The first-order valence-corrected chi connectivity index (χ1v) is 7.68. The Morgan fingerprint density at radius 2 is 2.05 bits per heavy atom. The highest BCUT2D eigenvalue weighted by Crippen LogP contribution is 2.33. The van der Waals surface area contributed by atoms with E-state index in [0.717, 1.165) is 32.5 Å². The first-order chi connectivity index (χ1) is 9.07. The number of carbonyl (C=O) groups excluding carboxylic acids is 1. The summed E-state index contributed by atoms with van der Waals surface area (Å²) in [6.07, 6.45) is 3.92. The molecule has 1 rings (SSSR count). The summed E-state index contributed by atoms with van der Waals surface area (Å²) in [5.74, 6) is -0.592. The van der Waals surface area contributed by atoms with Gasteiger partial charge in [-0.15, -0.1) is 0 Å². The minimum absolute atomic E-state index is 0.225. The minimum atomic E-state index is -0.883. The fraction of sp³-hybridized carbons (Fsp3) is 0.933. The summed E-state index contributed by atoms with van der Waals surface area (Å²) in [5.41, 5.74) is -0.883. The molecule has 0 radical (unpaired) electrons. The molecule has 1 aliphatic rings. The quantitative estimate of drug-likeness (QED) is 0.752. The summed E-state index contributed by atoms with van der Waals surface area (Å²) in [7, 11) is 0. The molecule has 0 amide bonds. The van der Waals surface area contributed by atoms with Crippen LogP contribution in [0.5, 0.6) is 0 Å². The average molecular weight is 271 g/mol. The number of carbonyl (C=O) groups is 1. The molecule has 1 heterocycles. The van der Waals surface area contributed by atoms with Gasteiger partial charge in [-0.05, 0) is 45.7 Å². The maximum absolute atomic E-state index is 12.1. The van der Waals surface area contributed by atoms with Crippen molar-refractivity contribution in [2.24, 2.45) is 5.92 Å². The van der Waals surface area contributed by atoms with Crippen LogP contribution in [0.4, 0.5) is 0 Å². The summed E-state index contributed by atoms with van der Waals surface area (Å²) in [6.45, 7) is 9.28. The van der Waals surface area contributed by atoms with Crippen LogP contribution in [0.1, 0.15) is 52.9 Å². The van der Waals surface area contributed by atoms with Gasteiger partial charge in [0.1, 0.15) is 0 Å². The van der Waals surface area contributed by atoms with Gasteiger partial charge in [0.05, 0.1) is 18.1 Å². The molecule has 0 aliphatic carbocycles. The lowest BCUT2D eigenvalue weighted by Gasteiger charge is -2.34. The van der Waals surface area contributed by atoms with Crippen LogP contribution < -0.4 is 0 Å².